The summed E-state index contributed by atoms with van der Waals surface area (Å²) in [5.41, 5.74) is 3.66. The molecule has 0 bridgehead atoms. The second-order valence-electron chi connectivity index (χ2n) is 9.38. The van der Waals surface area contributed by atoms with Crippen molar-refractivity contribution in [2.45, 2.75) is 52.4 Å². The van der Waals surface area contributed by atoms with E-state index in [0.29, 0.717) is 11.3 Å². The van der Waals surface area contributed by atoms with Gasteiger partial charge >= 0.3 is 157 Å². The van der Waals surface area contributed by atoms with Gasteiger partial charge in [0.05, 0.1) is 0 Å². The fraction of sp³-hybridized carbons (Fsp3) is 0.565. The minimum absolute atomic E-state index is 0.288. The topological polar surface area (TPSA) is 0 Å². The maximum atomic E-state index is 2.63. The molecule has 0 aliphatic heterocycles. The number of allylic oxidation sites excluding steroid dienone is 3. The average Bonchev–Trinajstić information content (AvgIpc) is 3.17. The molecule has 1 fully saturated rings. The van der Waals surface area contributed by atoms with Crippen LogP contribution in [-0.2, 0) is 21.8 Å². The van der Waals surface area contributed by atoms with Crippen molar-refractivity contribution in [3.63, 3.8) is 0 Å². The molecule has 0 radical (unpaired) electrons. The summed E-state index contributed by atoms with van der Waals surface area (Å²) in [6, 6.07) is 9.04. The molecule has 3 aliphatic carbocycles. The molecule has 127 valence electrons. The molecule has 0 aromatic heterocycles. The Morgan fingerprint density at radius 2 is 1.75 bits per heavy atom. The fourth-order valence-electron chi connectivity index (χ4n) is 6.14. The normalized spacial score (nSPS) is 38.9. The van der Waals surface area contributed by atoms with Gasteiger partial charge in [-0.1, -0.05) is 0 Å². The van der Waals surface area contributed by atoms with Crippen molar-refractivity contribution in [1.29, 1.82) is 0 Å². The van der Waals surface area contributed by atoms with Gasteiger partial charge in [-0.15, -0.1) is 0 Å². The molecule has 1 heteroatoms. The van der Waals surface area contributed by atoms with E-state index in [1.807, 2.05) is 0 Å². The van der Waals surface area contributed by atoms with Crippen LogP contribution < -0.4 is 0 Å². The maximum absolute atomic E-state index is 2.63. The van der Waals surface area contributed by atoms with Gasteiger partial charge in [0.25, 0.3) is 0 Å². The first kappa shape index (κ1) is 17.0. The molecule has 0 N–H and O–H groups in total. The van der Waals surface area contributed by atoms with Crippen LogP contribution in [0.15, 0.2) is 42.5 Å². The Bertz CT molecular complexity index is 696. The van der Waals surface area contributed by atoms with Crippen LogP contribution in [0.3, 0.4) is 0 Å². The monoisotopic (exact) mass is 397 g/mol. The first-order valence-electron chi connectivity index (χ1n) is 9.62. The van der Waals surface area contributed by atoms with E-state index in [1.165, 1.54) is 18.4 Å². The molecule has 0 heterocycles. The molecule has 1 saturated carbocycles. The summed E-state index contributed by atoms with van der Waals surface area (Å²) in [6.45, 7) is 7.57. The second-order valence-corrected chi connectivity index (χ2v) is 16.5. The molecule has 4 rings (SSSR count). The van der Waals surface area contributed by atoms with E-state index >= 15 is 0 Å². The average molecular weight is 399 g/mol. The molecule has 0 saturated heterocycles. The van der Waals surface area contributed by atoms with Gasteiger partial charge in [0.2, 0.25) is 0 Å². The summed E-state index contributed by atoms with van der Waals surface area (Å²) in [7, 11) is 0. The van der Waals surface area contributed by atoms with Gasteiger partial charge in [0.1, 0.15) is 0 Å². The summed E-state index contributed by atoms with van der Waals surface area (Å²) >= 11 is -1.19. The Kier molecular flexibility index (Phi) is 4.11. The fourth-order valence-corrected chi connectivity index (χ4v) is 11.4. The van der Waals surface area contributed by atoms with Crippen LogP contribution in [-0.4, -0.2) is 0 Å². The molecule has 24 heavy (non-hydrogen) atoms. The van der Waals surface area contributed by atoms with Crippen LogP contribution in [0.5, 0.6) is 0 Å². The standard InChI is InChI=1S/C21H25.2CH3.Zr/c1-20(2)13-14-21(3,19-10-6-9-18(19)20)17-12-11-15-7-4-5-8-16(15)17;;;/h4-5,7-9,11-14,17-19H,6,10H2,1-3H3;2*1H3;. The van der Waals surface area contributed by atoms with Crippen molar-refractivity contribution in [2.75, 3.05) is 0 Å². The Hall–Kier alpha value is -0.417. The van der Waals surface area contributed by atoms with E-state index in [9.17, 15) is 0 Å². The Labute approximate surface area is 156 Å². The quantitative estimate of drug-likeness (QED) is 0.474. The van der Waals surface area contributed by atoms with E-state index in [4.69, 9.17) is 0 Å². The van der Waals surface area contributed by atoms with Gasteiger partial charge in [0, 0.05) is 0 Å². The van der Waals surface area contributed by atoms with Crippen molar-refractivity contribution in [3.8, 4) is 0 Å². The Balaban J connectivity index is 1.78. The third-order valence-corrected chi connectivity index (χ3v) is 12.6. The zero-order chi connectivity index (χ0) is 17.1. The number of rotatable bonds is 2. The van der Waals surface area contributed by atoms with Crippen LogP contribution in [0.4, 0.5) is 0 Å². The summed E-state index contributed by atoms with van der Waals surface area (Å²) in [6.07, 6.45) is 13.0. The molecule has 1 aromatic rings. The summed E-state index contributed by atoms with van der Waals surface area (Å²) in [4.78, 5) is 0. The van der Waals surface area contributed by atoms with E-state index < -0.39 is 21.8 Å². The Morgan fingerprint density at radius 3 is 2.50 bits per heavy atom. The number of benzene rings is 1. The van der Waals surface area contributed by atoms with Crippen LogP contribution in [0.2, 0.25) is 12.9 Å². The SMILES string of the molecule is [CH3][Zr]([CH3])[CH]1CCC2C1C(C)(C)C=CC2(C)C1C=Cc2ccccc21. The van der Waals surface area contributed by atoms with Gasteiger partial charge in [-0.3, -0.25) is 0 Å². The van der Waals surface area contributed by atoms with Gasteiger partial charge in [-0.25, -0.2) is 0 Å². The van der Waals surface area contributed by atoms with Crippen molar-refractivity contribution >= 4 is 6.08 Å². The Morgan fingerprint density at radius 1 is 1.00 bits per heavy atom. The molecule has 0 amide bonds. The van der Waals surface area contributed by atoms with Crippen molar-refractivity contribution < 1.29 is 21.8 Å². The molecule has 0 nitrogen and oxygen atoms in total. The second kappa shape index (κ2) is 5.80. The van der Waals surface area contributed by atoms with E-state index in [0.717, 1.165) is 15.5 Å². The van der Waals surface area contributed by atoms with Gasteiger partial charge in [-0.2, -0.15) is 0 Å². The molecule has 5 atom stereocenters. The first-order valence-corrected chi connectivity index (χ1v) is 16.0. The van der Waals surface area contributed by atoms with Crippen LogP contribution in [0.1, 0.15) is 50.7 Å². The zero-order valence-corrected chi connectivity index (χ0v) is 18.3. The van der Waals surface area contributed by atoms with Gasteiger partial charge in [0.15, 0.2) is 0 Å². The summed E-state index contributed by atoms with van der Waals surface area (Å²) in [5.74, 6) is 2.31. The van der Waals surface area contributed by atoms with E-state index in [-0.39, 0.29) is 5.41 Å². The number of fused-ring (bicyclic) bond motifs is 2. The zero-order valence-electron chi connectivity index (χ0n) is 15.8. The summed E-state index contributed by atoms with van der Waals surface area (Å²) < 4.78 is 6.33. The van der Waals surface area contributed by atoms with Gasteiger partial charge in [-0.05, 0) is 0 Å². The minimum atomic E-state index is -1.19. The molecule has 0 spiro atoms. The third kappa shape index (κ3) is 2.41. The van der Waals surface area contributed by atoms with Crippen LogP contribution in [0.25, 0.3) is 6.08 Å². The van der Waals surface area contributed by atoms with E-state index in [1.54, 1.807) is 5.56 Å². The molecular formula is C23H31Zr. The number of hydrogen-bond donors (Lipinski definition) is 0. The van der Waals surface area contributed by atoms with Crippen molar-refractivity contribution in [3.05, 3.63) is 53.6 Å². The van der Waals surface area contributed by atoms with E-state index in [2.05, 4.69) is 78.6 Å². The molecule has 3 aliphatic rings. The summed E-state index contributed by atoms with van der Waals surface area (Å²) in [5, 5.41) is 0. The third-order valence-electron chi connectivity index (χ3n) is 7.40. The molecule has 1 aromatic carbocycles. The first-order chi connectivity index (χ1) is 11.3. The molecular weight excluding hydrogens is 367 g/mol. The van der Waals surface area contributed by atoms with Crippen LogP contribution in [0, 0.1) is 22.7 Å². The van der Waals surface area contributed by atoms with Crippen molar-refractivity contribution in [2.24, 2.45) is 22.7 Å². The van der Waals surface area contributed by atoms with Crippen molar-refractivity contribution in [1.82, 2.24) is 0 Å². The predicted octanol–water partition coefficient (Wildman–Crippen LogP) is 6.93. The predicted molar refractivity (Wildman–Crippen MR) is 101 cm³/mol. The number of hydrogen-bond acceptors (Lipinski definition) is 0. The molecule has 5 unspecified atom stereocenters. The van der Waals surface area contributed by atoms with Gasteiger partial charge < -0.3 is 0 Å². The van der Waals surface area contributed by atoms with Crippen LogP contribution >= 0.6 is 0 Å².